The van der Waals surface area contributed by atoms with E-state index in [0.717, 1.165) is 17.0 Å². The predicted molar refractivity (Wildman–Crippen MR) is 224 cm³/mol. The summed E-state index contributed by atoms with van der Waals surface area (Å²) in [5.41, 5.74) is 5.94. The molecule has 16 nitrogen and oxygen atoms in total. The molecule has 0 bridgehead atoms. The number of aliphatic hydroxyl groups is 1. The Hall–Kier alpha value is -6.21. The number of H-pyrrole nitrogens is 2. The summed E-state index contributed by atoms with van der Waals surface area (Å²) in [6, 6.07) is 12.5. The molecular formula is C42H42Cl2F2N10O6. The maximum absolute atomic E-state index is 14.7. The van der Waals surface area contributed by atoms with Gasteiger partial charge >= 0.3 is 5.97 Å². The minimum absolute atomic E-state index is 0. The first-order chi connectivity index (χ1) is 29.5. The molecule has 20 heteroatoms. The predicted octanol–water partition coefficient (Wildman–Crippen LogP) is 5.80. The number of benzene rings is 2. The SMILES string of the molecule is CC(=O)OCC(=O)N1CCC(c2[nH]nc(-c3ccc(Cl)cc3F)c2-c2ccncn2)CC1.O.O=C(CO)N1CCC(c2[nH]nc(-c3ccc(Cl)cc3F)c2-c2ccncn2)CC1. The molecule has 4 aromatic heterocycles. The number of aliphatic hydroxyl groups excluding tert-OH is 1. The summed E-state index contributed by atoms with van der Waals surface area (Å²) >= 11 is 11.8. The highest BCUT2D eigenvalue weighted by molar-refractivity contribution is 6.31. The van der Waals surface area contributed by atoms with E-state index in [0.29, 0.717) is 101 Å². The fraction of sp³-hybridized carbons (Fsp3) is 0.310. The van der Waals surface area contributed by atoms with Gasteiger partial charge in [-0.3, -0.25) is 24.6 Å². The second-order valence-electron chi connectivity index (χ2n) is 14.4. The number of hydrogen-bond donors (Lipinski definition) is 3. The van der Waals surface area contributed by atoms with Crippen molar-refractivity contribution in [2.45, 2.75) is 44.4 Å². The fourth-order valence-electron chi connectivity index (χ4n) is 7.64. The van der Waals surface area contributed by atoms with Crippen molar-refractivity contribution >= 4 is 41.0 Å². The largest absolute Gasteiger partial charge is 0.456 e. The number of piperidine rings is 2. The fourth-order valence-corrected chi connectivity index (χ4v) is 7.96. The number of nitrogens with one attached hydrogen (secondary N) is 2. The number of likely N-dealkylation sites (tertiary alicyclic amines) is 2. The molecule has 2 amide bonds. The van der Waals surface area contributed by atoms with Crippen LogP contribution in [0.25, 0.3) is 45.0 Å². The van der Waals surface area contributed by atoms with Gasteiger partial charge in [-0.1, -0.05) is 23.2 Å². The summed E-state index contributed by atoms with van der Waals surface area (Å²) in [6.07, 6.45) is 8.88. The van der Waals surface area contributed by atoms with Crippen molar-refractivity contribution in [3.8, 4) is 45.0 Å². The van der Waals surface area contributed by atoms with Crippen LogP contribution in [0.3, 0.4) is 0 Å². The van der Waals surface area contributed by atoms with E-state index in [9.17, 15) is 23.2 Å². The maximum Gasteiger partial charge on any atom is 0.303 e. The summed E-state index contributed by atoms with van der Waals surface area (Å²) < 4.78 is 34.1. The topological polar surface area (TPSA) is 228 Å². The minimum Gasteiger partial charge on any atom is -0.456 e. The molecule has 0 radical (unpaired) electrons. The molecule has 8 rings (SSSR count). The zero-order valence-electron chi connectivity index (χ0n) is 33.3. The van der Waals surface area contributed by atoms with E-state index in [1.807, 2.05) is 0 Å². The summed E-state index contributed by atoms with van der Waals surface area (Å²) in [6.45, 7) is 2.63. The Labute approximate surface area is 364 Å². The van der Waals surface area contributed by atoms with Gasteiger partial charge in [0.1, 0.15) is 42.3 Å². The van der Waals surface area contributed by atoms with Crippen LogP contribution in [0.1, 0.15) is 55.8 Å². The molecular weight excluding hydrogens is 849 g/mol. The number of nitrogens with zero attached hydrogens (tertiary/aromatic N) is 8. The molecule has 324 valence electrons. The highest BCUT2D eigenvalue weighted by Gasteiger charge is 2.31. The number of ether oxygens (including phenoxy) is 1. The Balaban J connectivity index is 0.000000204. The molecule has 2 aromatic carbocycles. The monoisotopic (exact) mass is 890 g/mol. The van der Waals surface area contributed by atoms with Gasteiger partial charge in [0.25, 0.3) is 5.91 Å². The van der Waals surface area contributed by atoms with E-state index < -0.39 is 24.2 Å². The third-order valence-corrected chi connectivity index (χ3v) is 11.2. The quantitative estimate of drug-likeness (QED) is 0.147. The molecule has 5 N–H and O–H groups in total. The minimum atomic E-state index is -0.485. The van der Waals surface area contributed by atoms with Gasteiger partial charge in [0.2, 0.25) is 5.91 Å². The molecule has 0 saturated carbocycles. The van der Waals surface area contributed by atoms with Gasteiger partial charge in [-0.05, 0) is 74.2 Å². The Bertz CT molecular complexity index is 2500. The van der Waals surface area contributed by atoms with Crippen LogP contribution in [0.15, 0.2) is 73.6 Å². The van der Waals surface area contributed by atoms with E-state index in [1.54, 1.807) is 58.6 Å². The Kier molecular flexibility index (Phi) is 15.0. The zero-order chi connectivity index (χ0) is 43.0. The van der Waals surface area contributed by atoms with E-state index in [2.05, 4.69) is 40.3 Å². The molecule has 0 aliphatic carbocycles. The standard InChI is InChI=1S/C22H21ClFN5O3.C20H19ClFN5O2.H2O/c1-13(30)32-11-19(31)29-8-5-14(6-9-29)21-20(18-4-7-25-12-26-18)22(28-27-21)16-3-2-15(23)10-17(16)24;21-13-1-2-14(15(22)9-13)20-18(16-3-6-23-11-24-16)19(25-26-20)12-4-7-27(8-5-12)17(29)10-28;/h2-4,7,10,12,14H,5-6,8-9,11H2,1H3,(H,27,28);1-3,6,9,11-12,28H,4-5,7-8,10H2,(H,25,26);1H2. The van der Waals surface area contributed by atoms with E-state index in [-0.39, 0.29) is 35.7 Å². The highest BCUT2D eigenvalue weighted by atomic mass is 35.5. The summed E-state index contributed by atoms with van der Waals surface area (Å²) in [4.78, 5) is 54.9. The van der Waals surface area contributed by atoms with Crippen molar-refractivity contribution in [2.75, 3.05) is 39.4 Å². The summed E-state index contributed by atoms with van der Waals surface area (Å²) in [5.74, 6) is -1.75. The third kappa shape index (κ3) is 10.3. The molecule has 0 atom stereocenters. The molecule has 2 fully saturated rings. The van der Waals surface area contributed by atoms with Crippen LogP contribution < -0.4 is 0 Å². The van der Waals surface area contributed by atoms with Crippen LogP contribution in [-0.4, -0.2) is 118 Å². The van der Waals surface area contributed by atoms with Crippen molar-refractivity contribution in [3.05, 3.63) is 107 Å². The van der Waals surface area contributed by atoms with Gasteiger partial charge in [-0.15, -0.1) is 0 Å². The summed E-state index contributed by atoms with van der Waals surface area (Å²) in [7, 11) is 0. The van der Waals surface area contributed by atoms with Gasteiger partial charge in [0.15, 0.2) is 6.61 Å². The highest BCUT2D eigenvalue weighted by Crippen LogP contribution is 2.41. The Morgan fingerprint density at radius 3 is 1.53 bits per heavy atom. The van der Waals surface area contributed by atoms with Crippen LogP contribution in [0.2, 0.25) is 10.0 Å². The van der Waals surface area contributed by atoms with Crippen molar-refractivity contribution < 1.29 is 38.5 Å². The number of carbonyl (C=O) groups excluding carboxylic acids is 3. The number of rotatable bonds is 9. The lowest BCUT2D eigenvalue weighted by molar-refractivity contribution is -0.150. The second kappa shape index (κ2) is 20.6. The smallest absolute Gasteiger partial charge is 0.303 e. The van der Waals surface area contributed by atoms with Crippen molar-refractivity contribution in [1.29, 1.82) is 0 Å². The lowest BCUT2D eigenvalue weighted by atomic mass is 9.88. The van der Waals surface area contributed by atoms with Crippen LogP contribution >= 0.6 is 23.2 Å². The number of halogens is 4. The van der Waals surface area contributed by atoms with Crippen LogP contribution in [0, 0.1) is 11.6 Å². The van der Waals surface area contributed by atoms with E-state index in [4.69, 9.17) is 33.0 Å². The van der Waals surface area contributed by atoms with Crippen LogP contribution in [0.4, 0.5) is 8.78 Å². The number of carbonyl (C=O) groups is 3. The van der Waals surface area contributed by atoms with Gasteiger partial charge in [0.05, 0.1) is 11.4 Å². The molecule has 2 saturated heterocycles. The Morgan fingerprint density at radius 1 is 0.726 bits per heavy atom. The normalized spacial score (nSPS) is 14.4. The number of amides is 2. The molecule has 6 heterocycles. The third-order valence-electron chi connectivity index (χ3n) is 10.7. The van der Waals surface area contributed by atoms with Gasteiger partial charge in [-0.25, -0.2) is 28.7 Å². The first kappa shape index (κ1) is 45.3. The lowest BCUT2D eigenvalue weighted by Gasteiger charge is -2.31. The molecule has 0 unspecified atom stereocenters. The molecule has 0 spiro atoms. The van der Waals surface area contributed by atoms with Gasteiger partial charge in [0, 0.05) is 101 Å². The molecule has 6 aromatic rings. The molecule has 2 aliphatic heterocycles. The lowest BCUT2D eigenvalue weighted by Crippen LogP contribution is -2.40. The number of aromatic nitrogens is 8. The number of hydrogen-bond acceptors (Lipinski definition) is 11. The second-order valence-corrected chi connectivity index (χ2v) is 15.3. The first-order valence-electron chi connectivity index (χ1n) is 19.4. The molecule has 62 heavy (non-hydrogen) atoms. The average molecular weight is 892 g/mol. The van der Waals surface area contributed by atoms with Crippen molar-refractivity contribution in [2.24, 2.45) is 0 Å². The van der Waals surface area contributed by atoms with Crippen molar-refractivity contribution in [3.63, 3.8) is 0 Å². The van der Waals surface area contributed by atoms with E-state index in [1.165, 1.54) is 31.7 Å². The number of aromatic amines is 2. The molecule has 2 aliphatic rings. The van der Waals surface area contributed by atoms with Crippen molar-refractivity contribution in [1.82, 2.24) is 50.1 Å². The number of esters is 1. The zero-order valence-corrected chi connectivity index (χ0v) is 34.8. The van der Waals surface area contributed by atoms with Gasteiger partial charge in [-0.2, -0.15) is 10.2 Å². The summed E-state index contributed by atoms with van der Waals surface area (Å²) in [5, 5.41) is 24.7. The maximum atomic E-state index is 14.7. The van der Waals surface area contributed by atoms with Gasteiger partial charge < -0.3 is 25.1 Å². The van der Waals surface area contributed by atoms with E-state index >= 15 is 0 Å². The Morgan fingerprint density at radius 2 is 1.16 bits per heavy atom. The van der Waals surface area contributed by atoms with Crippen LogP contribution in [-0.2, 0) is 19.1 Å². The first-order valence-corrected chi connectivity index (χ1v) is 20.2. The average Bonchev–Trinajstić information content (AvgIpc) is 3.92. The van der Waals surface area contributed by atoms with Crippen LogP contribution in [0.5, 0.6) is 0 Å².